The van der Waals surface area contributed by atoms with Crippen LogP contribution in [0.15, 0.2) is 24.3 Å². The summed E-state index contributed by atoms with van der Waals surface area (Å²) >= 11 is 1.60. The van der Waals surface area contributed by atoms with E-state index < -0.39 is 12.0 Å². The molecule has 0 radical (unpaired) electrons. The first-order chi connectivity index (χ1) is 13.9. The van der Waals surface area contributed by atoms with Crippen LogP contribution in [0.1, 0.15) is 50.9 Å². The fraction of sp³-hybridized carbons (Fsp3) is 0.571. The molecule has 7 nitrogen and oxygen atoms in total. The highest BCUT2D eigenvalue weighted by atomic mass is 32.2. The second-order valence-electron chi connectivity index (χ2n) is 7.24. The van der Waals surface area contributed by atoms with Gasteiger partial charge in [0.2, 0.25) is 0 Å². The van der Waals surface area contributed by atoms with Gasteiger partial charge in [-0.25, -0.2) is 14.4 Å². The summed E-state index contributed by atoms with van der Waals surface area (Å²) in [4.78, 5) is 38.9. The number of hydrogen-bond acceptors (Lipinski definition) is 6. The van der Waals surface area contributed by atoms with E-state index in [2.05, 4.69) is 19.2 Å². The molecule has 1 aliphatic heterocycles. The number of carbonyl (C=O) groups excluding carboxylic acids is 3. The molecule has 0 spiro atoms. The Morgan fingerprint density at radius 1 is 1.17 bits per heavy atom. The number of anilines is 1. The van der Waals surface area contributed by atoms with Crippen LogP contribution < -0.4 is 5.32 Å². The predicted molar refractivity (Wildman–Crippen MR) is 114 cm³/mol. The zero-order valence-electron chi connectivity index (χ0n) is 17.5. The van der Waals surface area contributed by atoms with Gasteiger partial charge < -0.3 is 14.8 Å². The highest BCUT2D eigenvalue weighted by Gasteiger charge is 2.42. The van der Waals surface area contributed by atoms with Crippen molar-refractivity contribution in [3.05, 3.63) is 29.8 Å². The summed E-state index contributed by atoms with van der Waals surface area (Å²) < 4.78 is 10.3. The molecule has 0 saturated carbocycles. The van der Waals surface area contributed by atoms with E-state index >= 15 is 0 Å². The van der Waals surface area contributed by atoms with E-state index in [1.807, 2.05) is 6.92 Å². The van der Waals surface area contributed by atoms with Gasteiger partial charge in [0.25, 0.3) is 0 Å². The Morgan fingerprint density at radius 3 is 2.45 bits per heavy atom. The van der Waals surface area contributed by atoms with Gasteiger partial charge in [-0.1, -0.05) is 20.8 Å². The largest absolute Gasteiger partial charge is 0.464 e. The lowest BCUT2D eigenvalue weighted by Crippen LogP contribution is -2.48. The van der Waals surface area contributed by atoms with Crippen molar-refractivity contribution >= 4 is 35.4 Å². The van der Waals surface area contributed by atoms with Crippen molar-refractivity contribution in [1.29, 1.82) is 0 Å². The lowest BCUT2D eigenvalue weighted by molar-refractivity contribution is -0.147. The first-order valence-corrected chi connectivity index (χ1v) is 11.1. The van der Waals surface area contributed by atoms with Crippen molar-refractivity contribution in [2.75, 3.05) is 24.3 Å². The van der Waals surface area contributed by atoms with Crippen LogP contribution in [0.4, 0.5) is 10.5 Å². The Balaban J connectivity index is 2.12. The van der Waals surface area contributed by atoms with Crippen LogP contribution >= 0.6 is 11.8 Å². The number of nitrogens with zero attached hydrogens (tertiary/aromatic N) is 1. The van der Waals surface area contributed by atoms with Crippen molar-refractivity contribution in [2.45, 2.75) is 52.0 Å². The van der Waals surface area contributed by atoms with E-state index in [-0.39, 0.29) is 17.4 Å². The molecular formula is C21H30N2O5S. The Hall–Kier alpha value is -2.22. The minimum absolute atomic E-state index is 0.0898. The Labute approximate surface area is 176 Å². The van der Waals surface area contributed by atoms with E-state index in [9.17, 15) is 14.4 Å². The van der Waals surface area contributed by atoms with E-state index in [4.69, 9.17) is 9.47 Å². The van der Waals surface area contributed by atoms with Crippen LogP contribution in [-0.2, 0) is 14.3 Å². The number of rotatable bonds is 8. The fourth-order valence-corrected chi connectivity index (χ4v) is 4.62. The smallest absolute Gasteiger partial charge is 0.338 e. The SMILES string of the molecule is CCCOC(=O)C1CSC(CC(C)C)N1C(=O)Nc1ccc(C(=O)OCC)cc1. The summed E-state index contributed by atoms with van der Waals surface area (Å²) in [6, 6.07) is 5.55. The number of thioether (sulfide) groups is 1. The molecule has 1 heterocycles. The zero-order valence-corrected chi connectivity index (χ0v) is 18.3. The van der Waals surface area contributed by atoms with Crippen LogP contribution in [0.3, 0.4) is 0 Å². The molecule has 2 amide bonds. The van der Waals surface area contributed by atoms with Gasteiger partial charge in [0.15, 0.2) is 0 Å². The molecule has 1 saturated heterocycles. The fourth-order valence-electron chi connectivity index (χ4n) is 2.99. The number of ether oxygens (including phenoxy) is 2. The summed E-state index contributed by atoms with van der Waals surface area (Å²) in [7, 11) is 0. The molecule has 160 valence electrons. The number of amides is 2. The van der Waals surface area contributed by atoms with Gasteiger partial charge in [-0.15, -0.1) is 11.8 Å². The highest BCUT2D eigenvalue weighted by Crippen LogP contribution is 2.34. The molecule has 2 atom stereocenters. The molecule has 2 unspecified atom stereocenters. The molecule has 1 aromatic carbocycles. The van der Waals surface area contributed by atoms with E-state index in [0.29, 0.717) is 36.1 Å². The third-order valence-electron chi connectivity index (χ3n) is 4.37. The maximum absolute atomic E-state index is 13.0. The summed E-state index contributed by atoms with van der Waals surface area (Å²) in [5.41, 5.74) is 0.962. The normalized spacial score (nSPS) is 18.6. The van der Waals surface area contributed by atoms with Gasteiger partial charge in [-0.05, 0) is 49.9 Å². The molecule has 0 bridgehead atoms. The lowest BCUT2D eigenvalue weighted by atomic mass is 10.1. The van der Waals surface area contributed by atoms with Gasteiger partial charge in [-0.3, -0.25) is 4.90 Å². The molecule has 1 fully saturated rings. The molecule has 1 N–H and O–H groups in total. The second-order valence-corrected chi connectivity index (χ2v) is 8.45. The highest BCUT2D eigenvalue weighted by molar-refractivity contribution is 8.00. The summed E-state index contributed by atoms with van der Waals surface area (Å²) in [6.07, 6.45) is 1.53. The maximum atomic E-state index is 13.0. The molecule has 0 aliphatic carbocycles. The van der Waals surface area contributed by atoms with Gasteiger partial charge in [-0.2, -0.15) is 0 Å². The summed E-state index contributed by atoms with van der Waals surface area (Å²) in [6.45, 7) is 8.51. The van der Waals surface area contributed by atoms with Gasteiger partial charge in [0.1, 0.15) is 6.04 Å². The third kappa shape index (κ3) is 6.39. The van der Waals surface area contributed by atoms with E-state index in [1.54, 1.807) is 47.9 Å². The van der Waals surface area contributed by atoms with Crippen LogP contribution in [0, 0.1) is 5.92 Å². The summed E-state index contributed by atoms with van der Waals surface area (Å²) in [5.74, 6) is 0.141. The van der Waals surface area contributed by atoms with E-state index in [0.717, 1.165) is 12.8 Å². The van der Waals surface area contributed by atoms with Crippen molar-refractivity contribution in [3.8, 4) is 0 Å². The molecular weight excluding hydrogens is 392 g/mol. The minimum Gasteiger partial charge on any atom is -0.464 e. The summed E-state index contributed by atoms with van der Waals surface area (Å²) in [5, 5.41) is 2.75. The molecule has 1 aromatic rings. The average molecular weight is 423 g/mol. The number of carbonyl (C=O) groups is 3. The van der Waals surface area contributed by atoms with Gasteiger partial charge >= 0.3 is 18.0 Å². The predicted octanol–water partition coefficient (Wildman–Crippen LogP) is 4.14. The van der Waals surface area contributed by atoms with Crippen LogP contribution in [0.5, 0.6) is 0 Å². The number of esters is 2. The van der Waals surface area contributed by atoms with Gasteiger partial charge in [0, 0.05) is 11.4 Å². The molecule has 29 heavy (non-hydrogen) atoms. The monoisotopic (exact) mass is 422 g/mol. The topological polar surface area (TPSA) is 84.9 Å². The minimum atomic E-state index is -0.603. The van der Waals surface area contributed by atoms with Crippen LogP contribution in [0.25, 0.3) is 0 Å². The molecule has 2 rings (SSSR count). The molecule has 1 aliphatic rings. The van der Waals surface area contributed by atoms with Crippen LogP contribution in [0.2, 0.25) is 0 Å². The van der Waals surface area contributed by atoms with Gasteiger partial charge in [0.05, 0.1) is 24.2 Å². The Bertz CT molecular complexity index is 708. The zero-order chi connectivity index (χ0) is 21.4. The Kier molecular flexibility index (Phi) is 8.82. The third-order valence-corrected chi connectivity index (χ3v) is 5.68. The van der Waals surface area contributed by atoms with Crippen molar-refractivity contribution in [2.24, 2.45) is 5.92 Å². The van der Waals surface area contributed by atoms with Crippen LogP contribution in [-0.4, -0.2) is 53.3 Å². The van der Waals surface area contributed by atoms with E-state index in [1.165, 1.54) is 0 Å². The van der Waals surface area contributed by atoms with Crippen molar-refractivity contribution in [1.82, 2.24) is 4.90 Å². The number of nitrogens with one attached hydrogen (secondary N) is 1. The quantitative estimate of drug-likeness (QED) is 0.634. The molecule has 0 aromatic heterocycles. The maximum Gasteiger partial charge on any atom is 0.338 e. The first-order valence-electron chi connectivity index (χ1n) is 10.0. The molecule has 8 heteroatoms. The lowest BCUT2D eigenvalue weighted by Gasteiger charge is -2.29. The average Bonchev–Trinajstić information content (AvgIpc) is 3.09. The number of hydrogen-bond donors (Lipinski definition) is 1. The number of benzene rings is 1. The first kappa shape index (κ1) is 23.1. The van der Waals surface area contributed by atoms with Crippen molar-refractivity contribution < 1.29 is 23.9 Å². The number of urea groups is 1. The van der Waals surface area contributed by atoms with Crippen molar-refractivity contribution in [3.63, 3.8) is 0 Å². The second kappa shape index (κ2) is 11.1. The standard InChI is InChI=1S/C21H30N2O5S/c1-5-11-28-20(25)17-13-29-18(12-14(3)4)23(17)21(26)22-16-9-7-15(8-10-16)19(24)27-6-2/h7-10,14,17-18H,5-6,11-13H2,1-4H3,(H,22,26). The Morgan fingerprint density at radius 2 is 1.86 bits per heavy atom.